The van der Waals surface area contributed by atoms with E-state index >= 15 is 0 Å². The number of rotatable bonds is 4. The maximum absolute atomic E-state index is 12.6. The molecule has 1 saturated carbocycles. The maximum Gasteiger partial charge on any atom is 0.225 e. The molecule has 0 radical (unpaired) electrons. The SMILES string of the molecule is CC(=O)N1CCC[C@H](C(=O)NC2(Cc3ccccc3)CC2)C1. The van der Waals surface area contributed by atoms with E-state index in [-0.39, 0.29) is 23.3 Å². The third kappa shape index (κ3) is 3.49. The Morgan fingerprint density at radius 2 is 2.00 bits per heavy atom. The minimum absolute atomic E-state index is 0.0447. The summed E-state index contributed by atoms with van der Waals surface area (Å²) in [5.74, 6) is 0.146. The van der Waals surface area contributed by atoms with Crippen molar-refractivity contribution in [2.45, 2.75) is 44.6 Å². The van der Waals surface area contributed by atoms with Gasteiger partial charge in [-0.15, -0.1) is 0 Å². The average Bonchev–Trinajstić information content (AvgIpc) is 3.27. The molecule has 1 aromatic rings. The van der Waals surface area contributed by atoms with Crippen LogP contribution < -0.4 is 5.32 Å². The van der Waals surface area contributed by atoms with E-state index in [1.807, 2.05) is 18.2 Å². The Hall–Kier alpha value is -1.84. The van der Waals surface area contributed by atoms with Crippen LogP contribution in [0.15, 0.2) is 30.3 Å². The number of piperidine rings is 1. The van der Waals surface area contributed by atoms with E-state index in [1.54, 1.807) is 11.8 Å². The van der Waals surface area contributed by atoms with Crippen molar-refractivity contribution in [3.05, 3.63) is 35.9 Å². The zero-order valence-corrected chi connectivity index (χ0v) is 13.2. The molecule has 0 bridgehead atoms. The summed E-state index contributed by atoms with van der Waals surface area (Å²) < 4.78 is 0. The highest BCUT2D eigenvalue weighted by Crippen LogP contribution is 2.39. The molecule has 1 aliphatic heterocycles. The van der Waals surface area contributed by atoms with Gasteiger partial charge < -0.3 is 10.2 Å². The molecule has 2 aliphatic rings. The summed E-state index contributed by atoms with van der Waals surface area (Å²) in [5.41, 5.74) is 1.23. The number of amides is 2. The van der Waals surface area contributed by atoms with E-state index in [0.29, 0.717) is 6.54 Å². The Morgan fingerprint density at radius 3 is 2.64 bits per heavy atom. The molecule has 0 spiro atoms. The van der Waals surface area contributed by atoms with Crippen LogP contribution in [0.5, 0.6) is 0 Å². The number of nitrogens with one attached hydrogen (secondary N) is 1. The van der Waals surface area contributed by atoms with Gasteiger partial charge in [0.1, 0.15) is 0 Å². The minimum atomic E-state index is -0.0501. The molecule has 0 aromatic heterocycles. The molecule has 1 aromatic carbocycles. The number of nitrogens with zero attached hydrogens (tertiary/aromatic N) is 1. The zero-order valence-electron chi connectivity index (χ0n) is 13.2. The lowest BCUT2D eigenvalue weighted by Crippen LogP contribution is -2.48. The second-order valence-electron chi connectivity index (χ2n) is 6.74. The molecule has 118 valence electrons. The number of likely N-dealkylation sites (tertiary alicyclic amines) is 1. The predicted octanol–water partition coefficient (Wildman–Crippen LogP) is 2.14. The van der Waals surface area contributed by atoms with Gasteiger partial charge in [0.25, 0.3) is 0 Å². The number of hydrogen-bond donors (Lipinski definition) is 1. The lowest BCUT2D eigenvalue weighted by Gasteiger charge is -2.32. The first-order valence-electron chi connectivity index (χ1n) is 8.19. The first kappa shape index (κ1) is 15.1. The van der Waals surface area contributed by atoms with Gasteiger partial charge in [-0.1, -0.05) is 30.3 Å². The molecule has 1 N–H and O–H groups in total. The Balaban J connectivity index is 1.58. The molecular weight excluding hydrogens is 276 g/mol. The van der Waals surface area contributed by atoms with Crippen LogP contribution in [0.25, 0.3) is 0 Å². The molecular formula is C18H24N2O2. The van der Waals surface area contributed by atoms with Gasteiger partial charge in [-0.2, -0.15) is 0 Å². The van der Waals surface area contributed by atoms with Crippen LogP contribution in [-0.2, 0) is 16.0 Å². The Kier molecular flexibility index (Phi) is 4.19. The van der Waals surface area contributed by atoms with Crippen molar-refractivity contribution in [2.75, 3.05) is 13.1 Å². The molecule has 2 fully saturated rings. The zero-order chi connectivity index (χ0) is 15.6. The smallest absolute Gasteiger partial charge is 0.225 e. The van der Waals surface area contributed by atoms with Gasteiger partial charge >= 0.3 is 0 Å². The van der Waals surface area contributed by atoms with E-state index in [9.17, 15) is 9.59 Å². The van der Waals surface area contributed by atoms with Crippen LogP contribution >= 0.6 is 0 Å². The fraction of sp³-hybridized carbons (Fsp3) is 0.556. The molecule has 1 heterocycles. The molecule has 1 atom stereocenters. The van der Waals surface area contributed by atoms with Crippen molar-refractivity contribution in [2.24, 2.45) is 5.92 Å². The summed E-state index contributed by atoms with van der Waals surface area (Å²) in [6.07, 6.45) is 4.82. The largest absolute Gasteiger partial charge is 0.350 e. The van der Waals surface area contributed by atoms with Gasteiger partial charge in [-0.3, -0.25) is 9.59 Å². The first-order valence-corrected chi connectivity index (χ1v) is 8.19. The highest BCUT2D eigenvalue weighted by molar-refractivity contribution is 5.81. The van der Waals surface area contributed by atoms with Crippen LogP contribution in [-0.4, -0.2) is 35.3 Å². The second-order valence-corrected chi connectivity index (χ2v) is 6.74. The topological polar surface area (TPSA) is 49.4 Å². The monoisotopic (exact) mass is 300 g/mol. The van der Waals surface area contributed by atoms with Crippen molar-refractivity contribution in [1.29, 1.82) is 0 Å². The molecule has 4 heteroatoms. The van der Waals surface area contributed by atoms with Gasteiger partial charge in [0.05, 0.1) is 5.92 Å². The highest BCUT2D eigenvalue weighted by atomic mass is 16.2. The summed E-state index contributed by atoms with van der Waals surface area (Å²) >= 11 is 0. The molecule has 4 nitrogen and oxygen atoms in total. The third-order valence-corrected chi connectivity index (χ3v) is 4.86. The van der Waals surface area contributed by atoms with Crippen LogP contribution in [0.1, 0.15) is 38.2 Å². The fourth-order valence-corrected chi connectivity index (χ4v) is 3.32. The number of carbonyl (C=O) groups is 2. The van der Waals surface area contributed by atoms with Crippen LogP contribution in [0.4, 0.5) is 0 Å². The summed E-state index contributed by atoms with van der Waals surface area (Å²) in [5, 5.41) is 3.27. The molecule has 1 saturated heterocycles. The van der Waals surface area contributed by atoms with Gasteiger partial charge in [0.2, 0.25) is 11.8 Å². The number of hydrogen-bond acceptors (Lipinski definition) is 2. The lowest BCUT2D eigenvalue weighted by molar-refractivity contribution is -0.134. The molecule has 2 amide bonds. The van der Waals surface area contributed by atoms with E-state index in [4.69, 9.17) is 0 Å². The van der Waals surface area contributed by atoms with Gasteiger partial charge in [0, 0.05) is 25.6 Å². The van der Waals surface area contributed by atoms with Crippen molar-refractivity contribution in [3.8, 4) is 0 Å². The first-order chi connectivity index (χ1) is 10.6. The Labute approximate surface area is 131 Å². The lowest BCUT2D eigenvalue weighted by atomic mass is 9.95. The normalized spacial score (nSPS) is 23.0. The summed E-state index contributed by atoms with van der Waals surface area (Å²) in [4.78, 5) is 25.9. The van der Waals surface area contributed by atoms with Crippen molar-refractivity contribution in [3.63, 3.8) is 0 Å². The standard InChI is InChI=1S/C18H24N2O2/c1-14(21)20-11-5-8-16(13-20)17(22)19-18(9-10-18)12-15-6-3-2-4-7-15/h2-4,6-7,16H,5,8-13H2,1H3,(H,19,22)/t16-/m0/s1. The molecule has 0 unspecified atom stereocenters. The number of benzene rings is 1. The van der Waals surface area contributed by atoms with Crippen molar-refractivity contribution < 1.29 is 9.59 Å². The van der Waals surface area contributed by atoms with E-state index in [0.717, 1.165) is 38.6 Å². The number of carbonyl (C=O) groups excluding carboxylic acids is 2. The van der Waals surface area contributed by atoms with E-state index in [2.05, 4.69) is 17.4 Å². The fourth-order valence-electron chi connectivity index (χ4n) is 3.32. The second kappa shape index (κ2) is 6.11. The van der Waals surface area contributed by atoms with Crippen molar-refractivity contribution >= 4 is 11.8 Å². The quantitative estimate of drug-likeness (QED) is 0.926. The third-order valence-electron chi connectivity index (χ3n) is 4.86. The minimum Gasteiger partial charge on any atom is -0.350 e. The summed E-state index contributed by atoms with van der Waals surface area (Å²) in [6, 6.07) is 10.3. The van der Waals surface area contributed by atoms with E-state index < -0.39 is 0 Å². The molecule has 22 heavy (non-hydrogen) atoms. The summed E-state index contributed by atoms with van der Waals surface area (Å²) in [6.45, 7) is 2.94. The van der Waals surface area contributed by atoms with Crippen molar-refractivity contribution in [1.82, 2.24) is 10.2 Å². The van der Waals surface area contributed by atoms with Crippen LogP contribution in [0.3, 0.4) is 0 Å². The highest BCUT2D eigenvalue weighted by Gasteiger charge is 2.45. The van der Waals surface area contributed by atoms with Crippen LogP contribution in [0, 0.1) is 5.92 Å². The Morgan fingerprint density at radius 1 is 1.27 bits per heavy atom. The van der Waals surface area contributed by atoms with Gasteiger partial charge in [-0.25, -0.2) is 0 Å². The average molecular weight is 300 g/mol. The maximum atomic E-state index is 12.6. The van der Waals surface area contributed by atoms with E-state index in [1.165, 1.54) is 5.56 Å². The predicted molar refractivity (Wildman–Crippen MR) is 85.2 cm³/mol. The Bertz CT molecular complexity index is 551. The van der Waals surface area contributed by atoms with Gasteiger partial charge in [-0.05, 0) is 37.7 Å². The van der Waals surface area contributed by atoms with Crippen LogP contribution in [0.2, 0.25) is 0 Å². The van der Waals surface area contributed by atoms with Gasteiger partial charge in [0.15, 0.2) is 0 Å². The molecule has 3 rings (SSSR count). The summed E-state index contributed by atoms with van der Waals surface area (Å²) in [7, 11) is 0. The molecule has 1 aliphatic carbocycles.